The molecule has 1 aromatic heterocycles. The van der Waals surface area contributed by atoms with Crippen molar-refractivity contribution in [3.05, 3.63) is 28.5 Å². The van der Waals surface area contributed by atoms with Crippen molar-refractivity contribution in [3.63, 3.8) is 0 Å². The van der Waals surface area contributed by atoms with Crippen LogP contribution in [0.3, 0.4) is 0 Å². The molecule has 0 amide bonds. The van der Waals surface area contributed by atoms with E-state index in [2.05, 4.69) is 20.9 Å². The van der Waals surface area contributed by atoms with E-state index < -0.39 is 0 Å². The number of halogens is 1. The standard InChI is InChI=1S/C7H10BrN3/c8-7-3-5(1-2-11-7)6(10)4-9/h1-3,6H,4,9-10H2. The lowest BCUT2D eigenvalue weighted by Gasteiger charge is -2.07. The van der Waals surface area contributed by atoms with Crippen molar-refractivity contribution in [2.45, 2.75) is 6.04 Å². The highest BCUT2D eigenvalue weighted by Gasteiger charge is 2.02. The Balaban J connectivity index is 2.86. The van der Waals surface area contributed by atoms with Gasteiger partial charge >= 0.3 is 0 Å². The van der Waals surface area contributed by atoms with Gasteiger partial charge in [0.1, 0.15) is 4.60 Å². The zero-order chi connectivity index (χ0) is 8.27. The molecule has 0 saturated heterocycles. The largest absolute Gasteiger partial charge is 0.329 e. The minimum absolute atomic E-state index is 0.0886. The van der Waals surface area contributed by atoms with E-state index in [4.69, 9.17) is 11.5 Å². The second-order valence-electron chi connectivity index (χ2n) is 2.25. The topological polar surface area (TPSA) is 64.9 Å². The Morgan fingerprint density at radius 1 is 1.64 bits per heavy atom. The lowest BCUT2D eigenvalue weighted by Crippen LogP contribution is -2.20. The molecule has 0 aliphatic carbocycles. The summed E-state index contributed by atoms with van der Waals surface area (Å²) in [6, 6.07) is 3.65. The van der Waals surface area contributed by atoms with E-state index in [1.807, 2.05) is 12.1 Å². The lowest BCUT2D eigenvalue weighted by atomic mass is 10.1. The van der Waals surface area contributed by atoms with E-state index >= 15 is 0 Å². The minimum Gasteiger partial charge on any atom is -0.329 e. The fraction of sp³-hybridized carbons (Fsp3) is 0.286. The van der Waals surface area contributed by atoms with Crippen molar-refractivity contribution >= 4 is 15.9 Å². The lowest BCUT2D eigenvalue weighted by molar-refractivity contribution is 0.734. The zero-order valence-electron chi connectivity index (χ0n) is 6.00. The third kappa shape index (κ3) is 2.25. The first-order valence-electron chi connectivity index (χ1n) is 3.31. The first-order valence-corrected chi connectivity index (χ1v) is 4.10. The number of hydrogen-bond acceptors (Lipinski definition) is 3. The highest BCUT2D eigenvalue weighted by molar-refractivity contribution is 9.10. The van der Waals surface area contributed by atoms with Crippen LogP contribution in [0.25, 0.3) is 0 Å². The predicted molar refractivity (Wildman–Crippen MR) is 47.9 cm³/mol. The van der Waals surface area contributed by atoms with Gasteiger partial charge in [-0.1, -0.05) is 0 Å². The molecule has 11 heavy (non-hydrogen) atoms. The van der Waals surface area contributed by atoms with Gasteiger partial charge in [-0.3, -0.25) is 0 Å². The molecule has 60 valence electrons. The van der Waals surface area contributed by atoms with Gasteiger partial charge in [-0.15, -0.1) is 0 Å². The SMILES string of the molecule is NCC(N)c1ccnc(Br)c1. The Kier molecular flexibility index (Phi) is 2.99. The molecule has 0 aromatic carbocycles. The molecule has 1 atom stereocenters. The van der Waals surface area contributed by atoms with Gasteiger partial charge in [-0.2, -0.15) is 0 Å². The van der Waals surface area contributed by atoms with Crippen molar-refractivity contribution in [1.29, 1.82) is 0 Å². The summed E-state index contributed by atoms with van der Waals surface area (Å²) in [5, 5.41) is 0. The maximum Gasteiger partial charge on any atom is 0.106 e. The van der Waals surface area contributed by atoms with Gasteiger partial charge < -0.3 is 11.5 Å². The van der Waals surface area contributed by atoms with Crippen LogP contribution >= 0.6 is 15.9 Å². The Morgan fingerprint density at radius 3 is 2.91 bits per heavy atom. The molecule has 0 aliphatic heterocycles. The molecular weight excluding hydrogens is 206 g/mol. The maximum absolute atomic E-state index is 5.69. The Morgan fingerprint density at radius 2 is 2.36 bits per heavy atom. The van der Waals surface area contributed by atoms with Gasteiger partial charge in [-0.05, 0) is 33.6 Å². The molecule has 0 spiro atoms. The summed E-state index contributed by atoms with van der Waals surface area (Å²) in [7, 11) is 0. The first-order chi connectivity index (χ1) is 5.24. The summed E-state index contributed by atoms with van der Waals surface area (Å²) < 4.78 is 0.791. The molecule has 1 unspecified atom stereocenters. The van der Waals surface area contributed by atoms with Crippen LogP contribution in [-0.2, 0) is 0 Å². The van der Waals surface area contributed by atoms with Gasteiger partial charge in [0.05, 0.1) is 0 Å². The summed E-state index contributed by atoms with van der Waals surface area (Å²) >= 11 is 3.25. The molecule has 0 radical (unpaired) electrons. The van der Waals surface area contributed by atoms with Crippen LogP contribution in [0.5, 0.6) is 0 Å². The Hall–Kier alpha value is -0.450. The number of pyridine rings is 1. The molecule has 0 saturated carbocycles. The highest BCUT2D eigenvalue weighted by Crippen LogP contribution is 2.12. The van der Waals surface area contributed by atoms with Crippen LogP contribution in [0.15, 0.2) is 22.9 Å². The van der Waals surface area contributed by atoms with E-state index in [1.54, 1.807) is 6.20 Å². The second kappa shape index (κ2) is 3.80. The normalized spacial score (nSPS) is 13.0. The van der Waals surface area contributed by atoms with Crippen LogP contribution in [0.1, 0.15) is 11.6 Å². The van der Waals surface area contributed by atoms with Gasteiger partial charge in [0.25, 0.3) is 0 Å². The quantitative estimate of drug-likeness (QED) is 0.718. The molecular formula is C7H10BrN3. The van der Waals surface area contributed by atoms with E-state index in [1.165, 1.54) is 0 Å². The van der Waals surface area contributed by atoms with Crippen molar-refractivity contribution in [3.8, 4) is 0 Å². The number of nitrogens with two attached hydrogens (primary N) is 2. The number of aromatic nitrogens is 1. The maximum atomic E-state index is 5.69. The number of hydrogen-bond donors (Lipinski definition) is 2. The highest BCUT2D eigenvalue weighted by atomic mass is 79.9. The van der Waals surface area contributed by atoms with Crippen LogP contribution in [0, 0.1) is 0 Å². The molecule has 4 N–H and O–H groups in total. The smallest absolute Gasteiger partial charge is 0.106 e. The van der Waals surface area contributed by atoms with Gasteiger partial charge in [0, 0.05) is 18.8 Å². The first kappa shape index (κ1) is 8.64. The number of rotatable bonds is 2. The van der Waals surface area contributed by atoms with Gasteiger partial charge in [-0.25, -0.2) is 4.98 Å². The predicted octanol–water partition coefficient (Wildman–Crippen LogP) is 0.803. The molecule has 1 aromatic rings. The molecule has 3 nitrogen and oxygen atoms in total. The summed E-state index contributed by atoms with van der Waals surface area (Å²) in [6.07, 6.45) is 1.70. The van der Waals surface area contributed by atoms with Crippen molar-refractivity contribution in [2.24, 2.45) is 11.5 Å². The summed E-state index contributed by atoms with van der Waals surface area (Å²) in [5.41, 5.74) is 12.1. The van der Waals surface area contributed by atoms with Crippen LogP contribution in [-0.4, -0.2) is 11.5 Å². The monoisotopic (exact) mass is 215 g/mol. The Labute approximate surface area is 73.9 Å². The molecule has 4 heteroatoms. The van der Waals surface area contributed by atoms with E-state index in [-0.39, 0.29) is 6.04 Å². The van der Waals surface area contributed by atoms with E-state index in [0.29, 0.717) is 6.54 Å². The van der Waals surface area contributed by atoms with Crippen LogP contribution in [0.4, 0.5) is 0 Å². The molecule has 1 rings (SSSR count). The van der Waals surface area contributed by atoms with E-state index in [9.17, 15) is 0 Å². The number of nitrogens with zero attached hydrogens (tertiary/aromatic N) is 1. The fourth-order valence-electron chi connectivity index (χ4n) is 0.784. The van der Waals surface area contributed by atoms with E-state index in [0.717, 1.165) is 10.2 Å². The average molecular weight is 216 g/mol. The molecule has 1 heterocycles. The van der Waals surface area contributed by atoms with Crippen molar-refractivity contribution in [2.75, 3.05) is 6.54 Å². The second-order valence-corrected chi connectivity index (χ2v) is 3.07. The third-order valence-corrected chi connectivity index (χ3v) is 1.87. The van der Waals surface area contributed by atoms with Crippen LogP contribution in [0.2, 0.25) is 0 Å². The summed E-state index contributed by atoms with van der Waals surface area (Å²) in [5.74, 6) is 0. The van der Waals surface area contributed by atoms with Crippen molar-refractivity contribution < 1.29 is 0 Å². The van der Waals surface area contributed by atoms with Gasteiger partial charge in [0.2, 0.25) is 0 Å². The molecule has 0 fully saturated rings. The Bertz CT molecular complexity index is 239. The van der Waals surface area contributed by atoms with Crippen LogP contribution < -0.4 is 11.5 Å². The third-order valence-electron chi connectivity index (χ3n) is 1.43. The molecule has 0 aliphatic rings. The average Bonchev–Trinajstić information content (AvgIpc) is 2.03. The molecule has 0 bridgehead atoms. The van der Waals surface area contributed by atoms with Gasteiger partial charge in [0.15, 0.2) is 0 Å². The van der Waals surface area contributed by atoms with Crippen molar-refractivity contribution in [1.82, 2.24) is 4.98 Å². The summed E-state index contributed by atoms with van der Waals surface area (Å²) in [6.45, 7) is 0.455. The zero-order valence-corrected chi connectivity index (χ0v) is 7.58. The fourth-order valence-corrected chi connectivity index (χ4v) is 1.17. The minimum atomic E-state index is -0.0886. The summed E-state index contributed by atoms with van der Waals surface area (Å²) in [4.78, 5) is 3.98.